The lowest BCUT2D eigenvalue weighted by Crippen LogP contribution is -2.25. The van der Waals surface area contributed by atoms with E-state index in [1.54, 1.807) is 6.92 Å². The smallest absolute Gasteiger partial charge is 0.382 e. The lowest BCUT2D eigenvalue weighted by atomic mass is 10.4. The van der Waals surface area contributed by atoms with E-state index in [9.17, 15) is 21.6 Å². The topological polar surface area (TPSA) is 76.3 Å². The van der Waals surface area contributed by atoms with E-state index in [4.69, 9.17) is 5.73 Å². The summed E-state index contributed by atoms with van der Waals surface area (Å²) >= 11 is 0.792. The normalized spacial score (nSPS) is 12.7. The lowest BCUT2D eigenvalue weighted by Gasteiger charge is -2.19. The Kier molecular flexibility index (Phi) is 5.25. The third-order valence-electron chi connectivity index (χ3n) is 2.52. The van der Waals surface area contributed by atoms with Crippen molar-refractivity contribution in [2.45, 2.75) is 30.8 Å². The van der Waals surface area contributed by atoms with Gasteiger partial charge in [-0.2, -0.15) is 17.5 Å². The van der Waals surface area contributed by atoms with Crippen LogP contribution in [0.1, 0.15) is 19.8 Å². The van der Waals surface area contributed by atoms with Crippen molar-refractivity contribution < 1.29 is 21.6 Å². The number of nitrogen functional groups attached to an aromatic ring is 1. The van der Waals surface area contributed by atoms with E-state index in [0.717, 1.165) is 11.5 Å². The number of nitrogens with zero attached hydrogens (tertiary/aromatic N) is 2. The Morgan fingerprint density at radius 1 is 1.40 bits per heavy atom. The van der Waals surface area contributed by atoms with E-state index < -0.39 is 22.4 Å². The minimum Gasteiger partial charge on any atom is -0.382 e. The van der Waals surface area contributed by atoms with Crippen LogP contribution in [0.4, 0.5) is 24.0 Å². The summed E-state index contributed by atoms with van der Waals surface area (Å²) in [6.45, 7) is 1.35. The number of halogens is 3. The van der Waals surface area contributed by atoms with Crippen LogP contribution in [0.15, 0.2) is 4.90 Å². The summed E-state index contributed by atoms with van der Waals surface area (Å²) in [6.07, 6.45) is -4.94. The second-order valence-electron chi connectivity index (χ2n) is 4.31. The van der Waals surface area contributed by atoms with Gasteiger partial charge in [0.1, 0.15) is 9.90 Å². The van der Waals surface area contributed by atoms with Crippen molar-refractivity contribution in [1.29, 1.82) is 0 Å². The minimum absolute atomic E-state index is 0.115. The summed E-state index contributed by atoms with van der Waals surface area (Å²) < 4.78 is 64.5. The third kappa shape index (κ3) is 4.23. The van der Waals surface area contributed by atoms with Gasteiger partial charge in [-0.05, 0) is 18.0 Å². The van der Waals surface area contributed by atoms with Crippen molar-refractivity contribution in [3.63, 3.8) is 0 Å². The van der Waals surface area contributed by atoms with Gasteiger partial charge in [0.05, 0.1) is 12.2 Å². The molecular weight excluding hydrogens is 315 g/mol. The Morgan fingerprint density at radius 2 is 2.00 bits per heavy atom. The number of rotatable bonds is 6. The molecule has 10 heteroatoms. The summed E-state index contributed by atoms with van der Waals surface area (Å²) in [5.74, 6) is -0.271. The molecule has 0 aliphatic heterocycles. The highest BCUT2D eigenvalue weighted by Gasteiger charge is 2.30. The van der Waals surface area contributed by atoms with Crippen molar-refractivity contribution in [3.8, 4) is 0 Å². The molecule has 1 aromatic heterocycles. The molecule has 1 aromatic rings. The van der Waals surface area contributed by atoms with Crippen molar-refractivity contribution in [2.75, 3.05) is 30.0 Å². The van der Waals surface area contributed by atoms with Crippen LogP contribution in [0.5, 0.6) is 0 Å². The number of hydrogen-bond acceptors (Lipinski definition) is 6. The molecule has 0 aliphatic carbocycles. The van der Waals surface area contributed by atoms with Gasteiger partial charge in [0.2, 0.25) is 0 Å². The minimum atomic E-state index is -4.30. The molecule has 0 amide bonds. The third-order valence-corrected chi connectivity index (χ3v) is 5.59. The zero-order valence-corrected chi connectivity index (χ0v) is 12.7. The van der Waals surface area contributed by atoms with Gasteiger partial charge in [0.25, 0.3) is 0 Å². The van der Waals surface area contributed by atoms with Crippen LogP contribution in [-0.4, -0.2) is 38.3 Å². The number of hydrogen-bond donors (Lipinski definition) is 1. The van der Waals surface area contributed by atoms with Crippen molar-refractivity contribution in [3.05, 3.63) is 0 Å². The average molecular weight is 331 g/mol. The Bertz CT molecular complexity index is 555. The number of anilines is 2. The fourth-order valence-corrected chi connectivity index (χ4v) is 4.36. The highest BCUT2D eigenvalue weighted by Crippen LogP contribution is 2.35. The largest absolute Gasteiger partial charge is 0.390 e. The fourth-order valence-electron chi connectivity index (χ4n) is 1.59. The van der Waals surface area contributed by atoms with Gasteiger partial charge < -0.3 is 10.6 Å². The first-order chi connectivity index (χ1) is 9.08. The van der Waals surface area contributed by atoms with Crippen LogP contribution in [0, 0.1) is 0 Å². The molecule has 5 nitrogen and oxygen atoms in total. The maximum atomic E-state index is 12.2. The van der Waals surface area contributed by atoms with Gasteiger partial charge in [-0.1, -0.05) is 6.92 Å². The Labute approximate surface area is 119 Å². The van der Waals surface area contributed by atoms with E-state index in [2.05, 4.69) is 4.37 Å². The predicted molar refractivity (Wildman–Crippen MR) is 72.8 cm³/mol. The molecule has 0 spiro atoms. The Morgan fingerprint density at radius 3 is 2.50 bits per heavy atom. The number of sulfone groups is 1. The summed E-state index contributed by atoms with van der Waals surface area (Å²) in [7, 11) is -2.23. The lowest BCUT2D eigenvalue weighted by molar-refractivity contribution is -0.132. The highest BCUT2D eigenvalue weighted by atomic mass is 32.2. The summed E-state index contributed by atoms with van der Waals surface area (Å²) in [4.78, 5) is 1.07. The zero-order chi connectivity index (χ0) is 15.6. The van der Waals surface area contributed by atoms with Crippen LogP contribution in [0.2, 0.25) is 0 Å². The highest BCUT2D eigenvalue weighted by molar-refractivity contribution is 7.91. The molecule has 0 bridgehead atoms. The van der Waals surface area contributed by atoms with Crippen molar-refractivity contribution in [2.24, 2.45) is 0 Å². The van der Waals surface area contributed by atoms with Gasteiger partial charge in [0.15, 0.2) is 15.7 Å². The van der Waals surface area contributed by atoms with Crippen molar-refractivity contribution in [1.82, 2.24) is 4.37 Å². The molecule has 0 aliphatic rings. The molecule has 0 saturated heterocycles. The first-order valence-corrected chi connectivity index (χ1v) is 8.27. The second-order valence-corrected chi connectivity index (χ2v) is 7.11. The maximum Gasteiger partial charge on any atom is 0.390 e. The molecule has 0 unspecified atom stereocenters. The monoisotopic (exact) mass is 331 g/mol. The van der Waals surface area contributed by atoms with Crippen LogP contribution in [-0.2, 0) is 9.84 Å². The second kappa shape index (κ2) is 6.17. The first kappa shape index (κ1) is 17.0. The van der Waals surface area contributed by atoms with E-state index in [-0.39, 0.29) is 28.0 Å². The number of alkyl halides is 3. The molecule has 1 heterocycles. The van der Waals surface area contributed by atoms with Crippen LogP contribution >= 0.6 is 11.5 Å². The quantitative estimate of drug-likeness (QED) is 0.865. The molecule has 20 heavy (non-hydrogen) atoms. The van der Waals surface area contributed by atoms with E-state index in [0.29, 0.717) is 6.42 Å². The molecular formula is C10H16F3N3O2S2. The molecule has 0 radical (unpaired) electrons. The van der Waals surface area contributed by atoms with E-state index >= 15 is 0 Å². The predicted octanol–water partition coefficient (Wildman–Crippen LogP) is 2.30. The van der Waals surface area contributed by atoms with Crippen LogP contribution < -0.4 is 10.6 Å². The van der Waals surface area contributed by atoms with Gasteiger partial charge in [-0.3, -0.25) is 0 Å². The number of aromatic nitrogens is 1. The average Bonchev–Trinajstić information content (AvgIpc) is 2.67. The molecule has 2 N–H and O–H groups in total. The van der Waals surface area contributed by atoms with Gasteiger partial charge in [-0.15, -0.1) is 0 Å². The molecule has 0 fully saturated rings. The molecule has 0 atom stereocenters. The zero-order valence-electron chi connectivity index (χ0n) is 11.1. The fraction of sp³-hybridized carbons (Fsp3) is 0.700. The Balaban J connectivity index is 3.03. The van der Waals surface area contributed by atoms with E-state index in [1.807, 2.05) is 0 Å². The summed E-state index contributed by atoms with van der Waals surface area (Å²) in [5.41, 5.74) is 5.55. The summed E-state index contributed by atoms with van der Waals surface area (Å²) in [5, 5.41) is 0.153. The van der Waals surface area contributed by atoms with Crippen molar-refractivity contribution >= 4 is 32.2 Å². The molecule has 116 valence electrons. The SMILES string of the molecule is CCCS(=O)(=O)c1c(N)nsc1N(C)CCC(F)(F)F. The van der Waals surface area contributed by atoms with Crippen LogP contribution in [0.25, 0.3) is 0 Å². The molecule has 1 rings (SSSR count). The maximum absolute atomic E-state index is 12.2. The standard InChI is InChI=1S/C10H16F3N3O2S2/c1-3-6-20(17,18)7-8(14)15-19-9(7)16(2)5-4-10(11,12)13/h3-6H2,1-2H3,(H2,14,15). The van der Waals surface area contributed by atoms with Gasteiger partial charge >= 0.3 is 6.18 Å². The number of nitrogens with two attached hydrogens (primary N) is 1. The van der Waals surface area contributed by atoms with Gasteiger partial charge in [0, 0.05) is 13.6 Å². The molecule has 0 saturated carbocycles. The van der Waals surface area contributed by atoms with Crippen LogP contribution in [0.3, 0.4) is 0 Å². The summed E-state index contributed by atoms with van der Waals surface area (Å²) in [6, 6.07) is 0. The first-order valence-electron chi connectivity index (χ1n) is 5.84. The molecule has 0 aromatic carbocycles. The van der Waals surface area contributed by atoms with Gasteiger partial charge in [-0.25, -0.2) is 8.42 Å². The Hall–Kier alpha value is -1.03. The van der Waals surface area contributed by atoms with E-state index in [1.165, 1.54) is 11.9 Å².